The average Bonchev–Trinajstić information content (AvgIpc) is 2.90. The van der Waals surface area contributed by atoms with E-state index >= 15 is 0 Å². The number of ether oxygens (including phenoxy) is 1. The molecule has 2 aliphatic rings. The third kappa shape index (κ3) is 1.79. The topological polar surface area (TPSA) is 97.5 Å². The van der Waals surface area contributed by atoms with Crippen LogP contribution in [0.25, 0.3) is 0 Å². The number of hydrogen-bond acceptors (Lipinski definition) is 5. The van der Waals surface area contributed by atoms with Crippen molar-refractivity contribution in [3.8, 4) is 5.75 Å². The van der Waals surface area contributed by atoms with Crippen LogP contribution in [0.5, 0.6) is 5.75 Å². The van der Waals surface area contributed by atoms with Crippen LogP contribution in [0.3, 0.4) is 0 Å². The highest BCUT2D eigenvalue weighted by Gasteiger charge is 2.71. The molecule has 0 aromatic carbocycles. The Bertz CT molecular complexity index is 602. The Labute approximate surface area is 123 Å². The molecule has 21 heavy (non-hydrogen) atoms. The van der Waals surface area contributed by atoms with Crippen molar-refractivity contribution in [2.24, 2.45) is 17.1 Å². The number of nitrogens with zero attached hydrogens (tertiary/aromatic N) is 1. The van der Waals surface area contributed by atoms with Crippen LogP contribution >= 0.6 is 0 Å². The second-order valence-electron chi connectivity index (χ2n) is 6.55. The molecule has 6 nitrogen and oxygen atoms in total. The summed E-state index contributed by atoms with van der Waals surface area (Å²) in [6, 6.07) is 3.19. The van der Waals surface area contributed by atoms with Gasteiger partial charge in [-0.2, -0.15) is 0 Å². The van der Waals surface area contributed by atoms with E-state index in [0.29, 0.717) is 12.3 Å². The van der Waals surface area contributed by atoms with E-state index in [4.69, 9.17) is 10.5 Å². The number of nitrogens with one attached hydrogen (secondary N) is 1. The van der Waals surface area contributed by atoms with Gasteiger partial charge in [-0.25, -0.2) is 4.98 Å². The van der Waals surface area contributed by atoms with Crippen molar-refractivity contribution in [2.45, 2.75) is 38.8 Å². The summed E-state index contributed by atoms with van der Waals surface area (Å²) in [5.41, 5.74) is 5.70. The monoisotopic (exact) mass is 291 g/mol. The summed E-state index contributed by atoms with van der Waals surface area (Å²) in [6.45, 7) is 6.32. The zero-order valence-corrected chi connectivity index (χ0v) is 12.5. The Balaban J connectivity index is 1.87. The Morgan fingerprint density at radius 2 is 2.24 bits per heavy atom. The molecule has 3 rings (SSSR count). The predicted octanol–water partition coefficient (Wildman–Crippen LogP) is 1.18. The van der Waals surface area contributed by atoms with Crippen LogP contribution in [0.15, 0.2) is 12.1 Å². The number of aromatic hydroxyl groups is 1. The van der Waals surface area contributed by atoms with Crippen molar-refractivity contribution >= 4 is 11.7 Å². The van der Waals surface area contributed by atoms with E-state index in [2.05, 4.69) is 10.3 Å². The Morgan fingerprint density at radius 1 is 1.52 bits per heavy atom. The minimum absolute atomic E-state index is 0.0134. The van der Waals surface area contributed by atoms with Gasteiger partial charge in [0.1, 0.15) is 5.54 Å². The molecule has 3 unspecified atom stereocenters. The van der Waals surface area contributed by atoms with E-state index in [9.17, 15) is 9.90 Å². The lowest BCUT2D eigenvalue weighted by molar-refractivity contribution is -0.170. The Morgan fingerprint density at radius 3 is 2.95 bits per heavy atom. The highest BCUT2D eigenvalue weighted by atomic mass is 16.5. The molecule has 114 valence electrons. The molecule has 6 heteroatoms. The number of hydrogen-bond donors (Lipinski definition) is 3. The minimum Gasteiger partial charge on any atom is -0.504 e. The summed E-state index contributed by atoms with van der Waals surface area (Å²) in [6.07, 6.45) is 0.804. The number of pyridine rings is 1. The van der Waals surface area contributed by atoms with Gasteiger partial charge in [0.2, 0.25) is 5.91 Å². The second kappa shape index (κ2) is 4.42. The van der Waals surface area contributed by atoms with Gasteiger partial charge in [-0.1, -0.05) is 13.8 Å². The molecule has 0 radical (unpaired) electrons. The van der Waals surface area contributed by atoms with Gasteiger partial charge in [-0.05, 0) is 25.5 Å². The number of nitrogens with two attached hydrogens (primary N) is 1. The first-order valence-electron chi connectivity index (χ1n) is 7.17. The first kappa shape index (κ1) is 14.3. The van der Waals surface area contributed by atoms with Crippen molar-refractivity contribution in [1.82, 2.24) is 4.98 Å². The number of rotatable bonds is 2. The Hall–Kier alpha value is -1.66. The number of carbonyl (C=O) groups is 1. The zero-order chi connectivity index (χ0) is 15.4. The molecule has 3 atom stereocenters. The average molecular weight is 291 g/mol. The molecule has 1 saturated carbocycles. The molecular formula is C15H21N3O3. The third-order valence-corrected chi connectivity index (χ3v) is 5.07. The summed E-state index contributed by atoms with van der Waals surface area (Å²) < 4.78 is 5.68. The number of amides is 1. The normalized spacial score (nSPS) is 33.1. The lowest BCUT2D eigenvalue weighted by Gasteiger charge is -2.60. The molecule has 1 saturated heterocycles. The molecule has 1 aliphatic heterocycles. The number of aryl methyl sites for hydroxylation is 1. The van der Waals surface area contributed by atoms with Gasteiger partial charge >= 0.3 is 0 Å². The molecular weight excluding hydrogens is 270 g/mol. The molecule has 2 heterocycles. The first-order chi connectivity index (χ1) is 9.78. The summed E-state index contributed by atoms with van der Waals surface area (Å²) in [7, 11) is 0. The fraction of sp³-hybridized carbons (Fsp3) is 0.600. The van der Waals surface area contributed by atoms with E-state index in [1.165, 1.54) is 6.07 Å². The number of carbonyl (C=O) groups excluding carboxylic acids is 1. The van der Waals surface area contributed by atoms with Gasteiger partial charge < -0.3 is 20.9 Å². The lowest BCUT2D eigenvalue weighted by atomic mass is 9.48. The summed E-state index contributed by atoms with van der Waals surface area (Å²) in [5, 5.41) is 12.5. The van der Waals surface area contributed by atoms with Crippen LogP contribution in [-0.2, 0) is 9.53 Å². The van der Waals surface area contributed by atoms with Crippen LogP contribution in [0.1, 0.15) is 26.0 Å². The van der Waals surface area contributed by atoms with Crippen molar-refractivity contribution in [2.75, 3.05) is 11.9 Å². The smallest absolute Gasteiger partial charge is 0.246 e. The van der Waals surface area contributed by atoms with Crippen LogP contribution in [0.4, 0.5) is 5.82 Å². The number of aromatic nitrogens is 1. The maximum Gasteiger partial charge on any atom is 0.246 e. The quantitative estimate of drug-likeness (QED) is 0.760. The van der Waals surface area contributed by atoms with E-state index in [1.54, 1.807) is 13.0 Å². The van der Waals surface area contributed by atoms with Crippen molar-refractivity contribution in [1.29, 1.82) is 0 Å². The van der Waals surface area contributed by atoms with Gasteiger partial charge in [0.05, 0.1) is 6.10 Å². The molecule has 4 N–H and O–H groups in total. The maximum absolute atomic E-state index is 12.7. The summed E-state index contributed by atoms with van der Waals surface area (Å²) >= 11 is 0. The van der Waals surface area contributed by atoms with Crippen molar-refractivity contribution < 1.29 is 14.6 Å². The summed E-state index contributed by atoms with van der Waals surface area (Å²) in [5.74, 6) is -0.205. The minimum atomic E-state index is -1.01. The van der Waals surface area contributed by atoms with E-state index < -0.39 is 11.0 Å². The largest absolute Gasteiger partial charge is 0.504 e. The molecule has 1 aliphatic carbocycles. The second-order valence-corrected chi connectivity index (χ2v) is 6.55. The molecule has 1 aromatic rings. The first-order valence-corrected chi connectivity index (χ1v) is 7.17. The molecule has 2 fully saturated rings. The number of fused-ring (bicyclic) bond motifs is 1. The highest BCUT2D eigenvalue weighted by Crippen LogP contribution is 2.58. The molecule has 0 bridgehead atoms. The zero-order valence-electron chi connectivity index (χ0n) is 12.5. The van der Waals surface area contributed by atoms with Crippen molar-refractivity contribution in [3.63, 3.8) is 0 Å². The van der Waals surface area contributed by atoms with Crippen LogP contribution in [0, 0.1) is 18.3 Å². The van der Waals surface area contributed by atoms with E-state index in [-0.39, 0.29) is 29.5 Å². The lowest BCUT2D eigenvalue weighted by Crippen LogP contribution is -2.79. The standard InChI is InChI=1S/C15H21N3O3/c1-8-4-5-10(19)12(17-8)18-13(20)15(16)9-6-7-21-11(9)14(15,2)3/h4-5,9,11,19H,6-7,16H2,1-3H3,(H,17,18,20). The van der Waals surface area contributed by atoms with Gasteiger partial charge in [0.25, 0.3) is 0 Å². The van der Waals surface area contributed by atoms with Gasteiger partial charge in [0.15, 0.2) is 11.6 Å². The summed E-state index contributed by atoms with van der Waals surface area (Å²) in [4.78, 5) is 16.8. The fourth-order valence-corrected chi connectivity index (χ4v) is 3.70. The van der Waals surface area contributed by atoms with Crippen LogP contribution in [-0.4, -0.2) is 34.2 Å². The Kier molecular flexibility index (Phi) is 3.00. The maximum atomic E-state index is 12.7. The van der Waals surface area contributed by atoms with E-state index in [0.717, 1.165) is 6.42 Å². The highest BCUT2D eigenvalue weighted by molar-refractivity contribution is 6.00. The molecule has 1 aromatic heterocycles. The molecule has 1 amide bonds. The SMILES string of the molecule is Cc1ccc(O)c(NC(=O)C2(N)C3CCOC3C2(C)C)n1. The predicted molar refractivity (Wildman–Crippen MR) is 77.8 cm³/mol. The van der Waals surface area contributed by atoms with Gasteiger partial charge in [-0.15, -0.1) is 0 Å². The van der Waals surface area contributed by atoms with Crippen LogP contribution < -0.4 is 11.1 Å². The van der Waals surface area contributed by atoms with Crippen LogP contribution in [0.2, 0.25) is 0 Å². The van der Waals surface area contributed by atoms with Gasteiger partial charge in [-0.3, -0.25) is 4.79 Å². The van der Waals surface area contributed by atoms with Crippen molar-refractivity contribution in [3.05, 3.63) is 17.8 Å². The van der Waals surface area contributed by atoms with E-state index in [1.807, 2.05) is 13.8 Å². The fourth-order valence-electron chi connectivity index (χ4n) is 3.70. The number of anilines is 1. The molecule has 0 spiro atoms. The third-order valence-electron chi connectivity index (χ3n) is 5.07. The van der Waals surface area contributed by atoms with Gasteiger partial charge in [0, 0.05) is 23.6 Å².